The van der Waals surface area contributed by atoms with E-state index >= 15 is 0 Å². The molecule has 6 rings (SSSR count). The van der Waals surface area contributed by atoms with Gasteiger partial charge in [-0.3, -0.25) is 4.79 Å². The van der Waals surface area contributed by atoms with Crippen LogP contribution in [0.1, 0.15) is 67.3 Å². The van der Waals surface area contributed by atoms with Gasteiger partial charge in [-0.25, -0.2) is 9.78 Å². The van der Waals surface area contributed by atoms with E-state index in [9.17, 15) is 22.8 Å². The van der Waals surface area contributed by atoms with Crippen LogP contribution in [0.5, 0.6) is 0 Å². The highest BCUT2D eigenvalue weighted by molar-refractivity contribution is 5.96. The molecule has 3 atom stereocenters. The number of aromatic nitrogens is 2. The molecule has 3 unspecified atom stereocenters. The molecule has 9 nitrogen and oxygen atoms in total. The highest BCUT2D eigenvalue weighted by atomic mass is 19.4. The maximum atomic E-state index is 13.7. The SMILES string of the molecule is CC1CCCN(c2nc(C(F)(F)F)c(C(=O)Cc3ccc(N4CC5CN(C(=O)OC6CCCC6)CC5C4)nc3)o2)C1. The topological polar surface area (TPSA) is 92.0 Å². The van der Waals surface area contributed by atoms with Gasteiger partial charge in [-0.15, -0.1) is 0 Å². The second-order valence-corrected chi connectivity index (χ2v) is 12.1. The molecule has 0 N–H and O–H groups in total. The number of rotatable bonds is 6. The number of oxazole rings is 1. The standard InChI is InChI=1S/C29H36F3N5O4/c1-18-5-4-10-35(13-18)27-34-26(29(30,31)32)25(41-27)23(38)11-19-8-9-24(33-12-19)36-14-20-16-37(17-21(20)15-36)28(39)40-22-6-2-3-7-22/h8-9,12,18,20-22H,2-7,10-11,13-17H2,1H3. The summed E-state index contributed by atoms with van der Waals surface area (Å²) in [5.74, 6) is 0.180. The third-order valence-electron chi connectivity index (χ3n) is 8.88. The average Bonchev–Trinajstić information content (AvgIpc) is 3.72. The summed E-state index contributed by atoms with van der Waals surface area (Å²) in [6.45, 7) is 5.95. The summed E-state index contributed by atoms with van der Waals surface area (Å²) < 4.78 is 52.4. The van der Waals surface area contributed by atoms with Crippen molar-refractivity contribution in [2.75, 3.05) is 49.1 Å². The zero-order valence-corrected chi connectivity index (χ0v) is 23.2. The predicted octanol–water partition coefficient (Wildman–Crippen LogP) is 5.20. The van der Waals surface area contributed by atoms with Crippen LogP contribution in [0.3, 0.4) is 0 Å². The first-order valence-electron chi connectivity index (χ1n) is 14.7. The molecule has 1 aliphatic carbocycles. The fraction of sp³-hybridized carbons (Fsp3) is 0.655. The molecule has 4 aliphatic rings. The Balaban J connectivity index is 1.06. The highest BCUT2D eigenvalue weighted by Crippen LogP contribution is 2.37. The van der Waals surface area contributed by atoms with Crippen LogP contribution in [0.25, 0.3) is 0 Å². The number of nitrogens with zero attached hydrogens (tertiary/aromatic N) is 5. The second-order valence-electron chi connectivity index (χ2n) is 12.1. The molecule has 1 amide bonds. The van der Waals surface area contributed by atoms with E-state index in [2.05, 4.69) is 14.9 Å². The van der Waals surface area contributed by atoms with Gasteiger partial charge in [0.1, 0.15) is 11.9 Å². The molecule has 4 fully saturated rings. The summed E-state index contributed by atoms with van der Waals surface area (Å²) in [4.78, 5) is 39.4. The van der Waals surface area contributed by atoms with Crippen LogP contribution in [0.2, 0.25) is 0 Å². The first-order chi connectivity index (χ1) is 19.6. The van der Waals surface area contributed by atoms with E-state index in [1.807, 2.05) is 11.8 Å². The minimum Gasteiger partial charge on any atom is -0.446 e. The number of halogens is 3. The second kappa shape index (κ2) is 11.2. The molecule has 222 valence electrons. The van der Waals surface area contributed by atoms with Crippen molar-refractivity contribution in [3.05, 3.63) is 35.3 Å². The lowest BCUT2D eigenvalue weighted by Crippen LogP contribution is -2.35. The lowest BCUT2D eigenvalue weighted by atomic mass is 10.0. The van der Waals surface area contributed by atoms with Gasteiger partial charge in [0.15, 0.2) is 5.69 Å². The van der Waals surface area contributed by atoms with Crippen molar-refractivity contribution in [1.29, 1.82) is 0 Å². The highest BCUT2D eigenvalue weighted by Gasteiger charge is 2.44. The van der Waals surface area contributed by atoms with Crippen molar-refractivity contribution in [3.8, 4) is 0 Å². The fourth-order valence-corrected chi connectivity index (χ4v) is 6.71. The number of hydrogen-bond donors (Lipinski definition) is 0. The normalized spacial score (nSPS) is 25.2. The predicted molar refractivity (Wildman–Crippen MR) is 144 cm³/mol. The van der Waals surface area contributed by atoms with E-state index in [0.717, 1.165) is 57.4 Å². The smallest absolute Gasteiger partial charge is 0.437 e. The van der Waals surface area contributed by atoms with Crippen LogP contribution in [0.15, 0.2) is 22.7 Å². The summed E-state index contributed by atoms with van der Waals surface area (Å²) >= 11 is 0. The fourth-order valence-electron chi connectivity index (χ4n) is 6.71. The zero-order valence-electron chi connectivity index (χ0n) is 23.2. The number of ketones is 1. The number of carbonyl (C=O) groups is 2. The molecule has 0 aromatic carbocycles. The number of Topliss-reactive ketones (excluding diaryl/α,β-unsaturated/α-hetero) is 1. The van der Waals surface area contributed by atoms with Crippen LogP contribution < -0.4 is 9.80 Å². The van der Waals surface area contributed by atoms with E-state index in [1.165, 1.54) is 6.20 Å². The minimum absolute atomic E-state index is 0.0543. The number of likely N-dealkylation sites (tertiary alicyclic amines) is 1. The van der Waals surface area contributed by atoms with Gasteiger partial charge in [0.05, 0.1) is 0 Å². The molecule has 3 aliphatic heterocycles. The molecule has 0 bridgehead atoms. The van der Waals surface area contributed by atoms with E-state index in [4.69, 9.17) is 9.15 Å². The summed E-state index contributed by atoms with van der Waals surface area (Å²) in [5.41, 5.74) is -0.776. The summed E-state index contributed by atoms with van der Waals surface area (Å²) in [7, 11) is 0. The number of fused-ring (bicyclic) bond motifs is 1. The summed E-state index contributed by atoms with van der Waals surface area (Å²) in [5, 5.41) is 0. The Bertz CT molecular complexity index is 1250. The van der Waals surface area contributed by atoms with Crippen LogP contribution in [0, 0.1) is 17.8 Å². The zero-order chi connectivity index (χ0) is 28.7. The number of hydrogen-bond acceptors (Lipinski definition) is 8. The number of anilines is 2. The molecular formula is C29H36F3N5O4. The number of pyridine rings is 1. The van der Waals surface area contributed by atoms with E-state index < -0.39 is 23.4 Å². The molecule has 1 saturated carbocycles. The monoisotopic (exact) mass is 575 g/mol. The molecule has 2 aromatic heterocycles. The van der Waals surface area contributed by atoms with E-state index in [-0.39, 0.29) is 24.6 Å². The maximum Gasteiger partial charge on any atom is 0.437 e. The lowest BCUT2D eigenvalue weighted by Gasteiger charge is -2.29. The molecule has 5 heterocycles. The first kappa shape index (κ1) is 27.8. The van der Waals surface area contributed by atoms with Crippen LogP contribution in [0.4, 0.5) is 29.8 Å². The molecule has 12 heteroatoms. The van der Waals surface area contributed by atoms with Crippen LogP contribution in [-0.2, 0) is 17.3 Å². The number of piperidine rings is 1. The first-order valence-corrected chi connectivity index (χ1v) is 14.7. The lowest BCUT2D eigenvalue weighted by molar-refractivity contribution is -0.141. The number of carbonyl (C=O) groups excluding carboxylic acids is 2. The average molecular weight is 576 g/mol. The molecule has 0 radical (unpaired) electrons. The summed E-state index contributed by atoms with van der Waals surface area (Å²) in [6.07, 6.45) is 2.27. The summed E-state index contributed by atoms with van der Waals surface area (Å²) in [6, 6.07) is 3.36. The maximum absolute atomic E-state index is 13.7. The van der Waals surface area contributed by atoms with Crippen molar-refractivity contribution < 1.29 is 31.9 Å². The molecule has 3 saturated heterocycles. The molecule has 0 spiro atoms. The minimum atomic E-state index is -4.80. The van der Waals surface area contributed by atoms with E-state index in [1.54, 1.807) is 17.0 Å². The van der Waals surface area contributed by atoms with Crippen molar-refractivity contribution in [2.24, 2.45) is 17.8 Å². The number of alkyl halides is 3. The largest absolute Gasteiger partial charge is 0.446 e. The molecule has 2 aromatic rings. The molecule has 41 heavy (non-hydrogen) atoms. The Labute approximate surface area is 237 Å². The van der Waals surface area contributed by atoms with Crippen molar-refractivity contribution in [2.45, 2.75) is 64.1 Å². The third kappa shape index (κ3) is 6.01. The van der Waals surface area contributed by atoms with Crippen molar-refractivity contribution in [1.82, 2.24) is 14.9 Å². The van der Waals surface area contributed by atoms with Gasteiger partial charge in [-0.1, -0.05) is 13.0 Å². The van der Waals surface area contributed by atoms with Gasteiger partial charge in [-0.2, -0.15) is 18.2 Å². The Morgan fingerprint density at radius 3 is 2.37 bits per heavy atom. The third-order valence-corrected chi connectivity index (χ3v) is 8.88. The van der Waals surface area contributed by atoms with Crippen LogP contribution >= 0.6 is 0 Å². The van der Waals surface area contributed by atoms with Gasteiger partial charge in [0.2, 0.25) is 11.5 Å². The Hall–Kier alpha value is -3.31. The Kier molecular flexibility index (Phi) is 7.58. The Morgan fingerprint density at radius 1 is 1.00 bits per heavy atom. The van der Waals surface area contributed by atoms with Gasteiger partial charge >= 0.3 is 12.3 Å². The Morgan fingerprint density at radius 2 is 1.73 bits per heavy atom. The van der Waals surface area contributed by atoms with Gasteiger partial charge in [0.25, 0.3) is 6.01 Å². The van der Waals surface area contributed by atoms with Gasteiger partial charge in [-0.05, 0) is 56.1 Å². The quantitative estimate of drug-likeness (QED) is 0.435. The van der Waals surface area contributed by atoms with Gasteiger partial charge < -0.3 is 23.9 Å². The van der Waals surface area contributed by atoms with Crippen molar-refractivity contribution in [3.63, 3.8) is 0 Å². The van der Waals surface area contributed by atoms with E-state index in [0.29, 0.717) is 49.5 Å². The van der Waals surface area contributed by atoms with Crippen LogP contribution in [-0.4, -0.2) is 72.1 Å². The number of amides is 1. The van der Waals surface area contributed by atoms with Gasteiger partial charge in [0, 0.05) is 63.7 Å². The molecular weight excluding hydrogens is 539 g/mol. The van der Waals surface area contributed by atoms with Crippen molar-refractivity contribution >= 4 is 23.7 Å². The number of ether oxygens (including phenoxy) is 1.